The molecule has 3 aromatic rings. The summed E-state index contributed by atoms with van der Waals surface area (Å²) < 4.78 is 0. The van der Waals surface area contributed by atoms with E-state index in [2.05, 4.69) is 37.6 Å². The van der Waals surface area contributed by atoms with E-state index < -0.39 is 0 Å². The quantitative estimate of drug-likeness (QED) is 0.744. The van der Waals surface area contributed by atoms with Gasteiger partial charge in [-0.1, -0.05) is 6.07 Å². The lowest BCUT2D eigenvalue weighted by Gasteiger charge is -2.15. The Morgan fingerprint density at radius 1 is 1.12 bits per heavy atom. The molecule has 0 spiro atoms. The maximum atomic E-state index is 4.67. The van der Waals surface area contributed by atoms with Crippen molar-refractivity contribution in [1.29, 1.82) is 0 Å². The van der Waals surface area contributed by atoms with Gasteiger partial charge in [0.05, 0.1) is 16.4 Å². The second kappa shape index (κ2) is 7.59. The minimum atomic E-state index is 0.223. The molecule has 6 heteroatoms. The van der Waals surface area contributed by atoms with Crippen molar-refractivity contribution < 1.29 is 0 Å². The monoisotopic (exact) mass is 339 g/mol. The first-order valence-corrected chi connectivity index (χ1v) is 8.91. The van der Waals surface area contributed by atoms with Crippen LogP contribution < -0.4 is 5.32 Å². The van der Waals surface area contributed by atoms with Crippen LogP contribution in [0.15, 0.2) is 36.0 Å². The summed E-state index contributed by atoms with van der Waals surface area (Å²) in [6, 6.07) is 6.11. The number of nitrogens with one attached hydrogen (secondary N) is 1. The lowest BCUT2D eigenvalue weighted by molar-refractivity contribution is 0.568. The highest BCUT2D eigenvalue weighted by Gasteiger charge is 2.10. The first kappa shape index (κ1) is 16.7. The molecule has 0 amide bonds. The van der Waals surface area contributed by atoms with Crippen LogP contribution in [0.1, 0.15) is 35.1 Å². The maximum absolute atomic E-state index is 4.67. The highest BCUT2D eigenvalue weighted by atomic mass is 32.1. The molecule has 3 rings (SSSR count). The lowest BCUT2D eigenvalue weighted by atomic mass is 10.1. The van der Waals surface area contributed by atoms with E-state index in [1.165, 1.54) is 0 Å². The highest BCUT2D eigenvalue weighted by Crippen LogP contribution is 2.20. The molecule has 0 aliphatic heterocycles. The predicted octanol–water partition coefficient (Wildman–Crippen LogP) is 3.51. The van der Waals surface area contributed by atoms with Crippen LogP contribution in [0, 0.1) is 13.8 Å². The molecule has 0 aliphatic rings. The van der Waals surface area contributed by atoms with Crippen LogP contribution in [0.2, 0.25) is 0 Å². The maximum Gasteiger partial charge on any atom is 0.125 e. The third kappa shape index (κ3) is 4.01. The molecular weight excluding hydrogens is 318 g/mol. The van der Waals surface area contributed by atoms with Gasteiger partial charge in [-0.3, -0.25) is 4.98 Å². The largest absolute Gasteiger partial charge is 0.310 e. The van der Waals surface area contributed by atoms with Crippen molar-refractivity contribution in [2.45, 2.75) is 33.2 Å². The molecular formula is C18H21N5S. The van der Waals surface area contributed by atoms with Gasteiger partial charge in [-0.05, 0) is 32.9 Å². The van der Waals surface area contributed by atoms with Crippen LogP contribution in [-0.2, 0) is 6.42 Å². The Balaban J connectivity index is 1.56. The molecule has 0 saturated carbocycles. The summed E-state index contributed by atoms with van der Waals surface area (Å²) in [6.45, 7) is 6.95. The van der Waals surface area contributed by atoms with Crippen molar-refractivity contribution in [1.82, 2.24) is 25.3 Å². The fourth-order valence-electron chi connectivity index (χ4n) is 2.58. The van der Waals surface area contributed by atoms with E-state index >= 15 is 0 Å². The molecule has 0 fully saturated rings. The zero-order chi connectivity index (χ0) is 16.9. The zero-order valence-corrected chi connectivity index (χ0v) is 15.0. The third-order valence-corrected chi connectivity index (χ3v) is 4.78. The first-order chi connectivity index (χ1) is 11.6. The molecule has 0 saturated heterocycles. The van der Waals surface area contributed by atoms with E-state index in [1.807, 2.05) is 38.2 Å². The summed E-state index contributed by atoms with van der Waals surface area (Å²) in [5, 5.41) is 6.71. The van der Waals surface area contributed by atoms with E-state index in [0.717, 1.165) is 46.4 Å². The average molecular weight is 339 g/mol. The van der Waals surface area contributed by atoms with Gasteiger partial charge in [-0.2, -0.15) is 0 Å². The third-order valence-electron chi connectivity index (χ3n) is 3.87. The van der Waals surface area contributed by atoms with Gasteiger partial charge in [0.1, 0.15) is 5.82 Å². The van der Waals surface area contributed by atoms with Crippen molar-refractivity contribution in [3.05, 3.63) is 58.1 Å². The number of thiazole rings is 1. The Labute approximate surface area is 146 Å². The fraction of sp³-hybridized carbons (Fsp3) is 0.333. The zero-order valence-electron chi connectivity index (χ0n) is 14.2. The van der Waals surface area contributed by atoms with Crippen LogP contribution in [0.25, 0.3) is 11.4 Å². The van der Waals surface area contributed by atoms with Crippen molar-refractivity contribution in [3.8, 4) is 11.4 Å². The van der Waals surface area contributed by atoms with Gasteiger partial charge in [-0.15, -0.1) is 11.3 Å². The molecule has 3 heterocycles. The summed E-state index contributed by atoms with van der Waals surface area (Å²) >= 11 is 1.68. The summed E-state index contributed by atoms with van der Waals surface area (Å²) in [6.07, 6.45) is 4.61. The molecule has 0 aliphatic carbocycles. The van der Waals surface area contributed by atoms with Gasteiger partial charge in [0.25, 0.3) is 0 Å². The van der Waals surface area contributed by atoms with Crippen molar-refractivity contribution >= 4 is 11.3 Å². The number of nitrogens with zero attached hydrogens (tertiary/aromatic N) is 4. The average Bonchev–Trinajstić information content (AvgIpc) is 3.04. The molecule has 24 heavy (non-hydrogen) atoms. The Kier molecular flexibility index (Phi) is 5.27. The first-order valence-electron chi connectivity index (χ1n) is 8.03. The Bertz CT molecular complexity index is 800. The second-order valence-electron chi connectivity index (χ2n) is 5.73. The number of rotatable bonds is 6. The van der Waals surface area contributed by atoms with Crippen molar-refractivity contribution in [2.75, 3.05) is 6.54 Å². The Morgan fingerprint density at radius 2 is 2.00 bits per heavy atom. The van der Waals surface area contributed by atoms with E-state index in [-0.39, 0.29) is 6.04 Å². The number of pyridine rings is 1. The van der Waals surface area contributed by atoms with Crippen LogP contribution in [0.3, 0.4) is 0 Å². The number of aryl methyl sites for hydroxylation is 2. The van der Waals surface area contributed by atoms with Crippen LogP contribution in [0.4, 0.5) is 0 Å². The van der Waals surface area contributed by atoms with E-state index in [4.69, 9.17) is 0 Å². The predicted molar refractivity (Wildman–Crippen MR) is 97.0 cm³/mol. The Hall–Kier alpha value is -2.18. The van der Waals surface area contributed by atoms with Gasteiger partial charge in [-0.25, -0.2) is 15.0 Å². The molecule has 5 nitrogen and oxygen atoms in total. The standard InChI is InChI=1S/C18H21N5S/c1-12(15-10-21-14(3)22-13(15)2)19-9-7-18-23-17(11-24-18)16-6-4-5-8-20-16/h4-6,8,10-12,19H,7,9H2,1-3H3. The van der Waals surface area contributed by atoms with Gasteiger partial charge in [0.2, 0.25) is 0 Å². The van der Waals surface area contributed by atoms with Gasteiger partial charge >= 0.3 is 0 Å². The summed E-state index contributed by atoms with van der Waals surface area (Å²) in [5.41, 5.74) is 4.06. The fourth-order valence-corrected chi connectivity index (χ4v) is 3.37. The van der Waals surface area contributed by atoms with Crippen LogP contribution in [0.5, 0.6) is 0 Å². The second-order valence-corrected chi connectivity index (χ2v) is 6.67. The molecule has 0 aromatic carbocycles. The van der Waals surface area contributed by atoms with E-state index in [1.54, 1.807) is 17.5 Å². The van der Waals surface area contributed by atoms with Crippen LogP contribution >= 0.6 is 11.3 Å². The molecule has 124 valence electrons. The topological polar surface area (TPSA) is 63.6 Å². The van der Waals surface area contributed by atoms with Gasteiger partial charge in [0.15, 0.2) is 0 Å². The lowest BCUT2D eigenvalue weighted by Crippen LogP contribution is -2.22. The normalized spacial score (nSPS) is 12.3. The summed E-state index contributed by atoms with van der Waals surface area (Å²) in [5.74, 6) is 0.813. The molecule has 0 bridgehead atoms. The van der Waals surface area contributed by atoms with E-state index in [0.29, 0.717) is 0 Å². The minimum Gasteiger partial charge on any atom is -0.310 e. The number of hydrogen-bond acceptors (Lipinski definition) is 6. The van der Waals surface area contributed by atoms with Gasteiger partial charge in [0, 0.05) is 48.0 Å². The molecule has 1 N–H and O–H groups in total. The summed E-state index contributed by atoms with van der Waals surface area (Å²) in [4.78, 5) is 17.7. The SMILES string of the molecule is Cc1ncc(C(C)NCCc2nc(-c3ccccn3)cs2)c(C)n1. The van der Waals surface area contributed by atoms with Crippen LogP contribution in [-0.4, -0.2) is 26.5 Å². The number of hydrogen-bond donors (Lipinski definition) is 1. The smallest absolute Gasteiger partial charge is 0.125 e. The van der Waals surface area contributed by atoms with Crippen molar-refractivity contribution in [3.63, 3.8) is 0 Å². The minimum absolute atomic E-state index is 0.223. The van der Waals surface area contributed by atoms with Crippen molar-refractivity contribution in [2.24, 2.45) is 0 Å². The highest BCUT2D eigenvalue weighted by molar-refractivity contribution is 7.09. The number of aromatic nitrogens is 4. The molecule has 3 aromatic heterocycles. The summed E-state index contributed by atoms with van der Waals surface area (Å²) in [7, 11) is 0. The molecule has 1 atom stereocenters. The molecule has 0 radical (unpaired) electrons. The Morgan fingerprint density at radius 3 is 2.75 bits per heavy atom. The van der Waals surface area contributed by atoms with Gasteiger partial charge < -0.3 is 5.32 Å². The molecule has 1 unspecified atom stereocenters. The van der Waals surface area contributed by atoms with E-state index in [9.17, 15) is 0 Å².